The van der Waals surface area contributed by atoms with Crippen LogP contribution in [0.4, 0.5) is 0 Å². The van der Waals surface area contributed by atoms with E-state index in [-0.39, 0.29) is 0 Å². The van der Waals surface area contributed by atoms with Gasteiger partial charge in [-0.15, -0.1) is 0 Å². The molecular weight excluding hydrogens is 358 g/mol. The van der Waals surface area contributed by atoms with Crippen LogP contribution in [0.3, 0.4) is 0 Å². The first-order chi connectivity index (χ1) is 14.1. The smallest absolute Gasteiger partial charge is 0.191 e. The van der Waals surface area contributed by atoms with Crippen molar-refractivity contribution >= 4 is 5.96 Å². The molecule has 162 valence electrons. The van der Waals surface area contributed by atoms with Crippen molar-refractivity contribution in [3.8, 4) is 0 Å². The van der Waals surface area contributed by atoms with Gasteiger partial charge in [-0.1, -0.05) is 37.1 Å². The van der Waals surface area contributed by atoms with Crippen molar-refractivity contribution in [2.24, 2.45) is 4.99 Å². The second-order valence-electron chi connectivity index (χ2n) is 8.98. The zero-order valence-electron chi connectivity index (χ0n) is 18.8. The van der Waals surface area contributed by atoms with Crippen molar-refractivity contribution in [1.29, 1.82) is 0 Å². The molecule has 5 nitrogen and oxygen atoms in total. The third-order valence-corrected chi connectivity index (χ3v) is 6.41. The Labute approximate surface area is 178 Å². The second kappa shape index (κ2) is 11.6. The molecule has 29 heavy (non-hydrogen) atoms. The summed E-state index contributed by atoms with van der Waals surface area (Å²) in [7, 11) is 1.86. The minimum absolute atomic E-state index is 0.521. The van der Waals surface area contributed by atoms with Crippen LogP contribution in [0, 0.1) is 0 Å². The summed E-state index contributed by atoms with van der Waals surface area (Å²) >= 11 is 0. The Morgan fingerprint density at radius 3 is 2.17 bits per heavy atom. The molecule has 3 rings (SSSR count). The summed E-state index contributed by atoms with van der Waals surface area (Å²) in [4.78, 5) is 9.59. The standard InChI is InChI=1S/C24H41N5/c1-20(2)29-16-12-23(13-17-29)27-24(25-3)26-18-21-8-10-22(11-9-21)19-28-14-6-4-5-7-15-28/h8-11,20,23H,4-7,12-19H2,1-3H3,(H2,25,26,27). The van der Waals surface area contributed by atoms with Gasteiger partial charge in [0.25, 0.3) is 0 Å². The molecule has 0 amide bonds. The van der Waals surface area contributed by atoms with Crippen molar-refractivity contribution in [3.63, 3.8) is 0 Å². The van der Waals surface area contributed by atoms with Gasteiger partial charge in [0.1, 0.15) is 0 Å². The third-order valence-electron chi connectivity index (χ3n) is 6.41. The zero-order valence-corrected chi connectivity index (χ0v) is 18.8. The van der Waals surface area contributed by atoms with Gasteiger partial charge in [-0.05, 0) is 63.7 Å². The van der Waals surface area contributed by atoms with Crippen molar-refractivity contribution in [2.45, 2.75) is 77.5 Å². The molecule has 0 unspecified atom stereocenters. The van der Waals surface area contributed by atoms with Crippen LogP contribution in [0.25, 0.3) is 0 Å². The van der Waals surface area contributed by atoms with Gasteiger partial charge in [0, 0.05) is 45.3 Å². The van der Waals surface area contributed by atoms with Crippen LogP contribution in [-0.4, -0.2) is 61.1 Å². The lowest BCUT2D eigenvalue weighted by Crippen LogP contribution is -2.49. The van der Waals surface area contributed by atoms with Crippen LogP contribution in [-0.2, 0) is 13.1 Å². The van der Waals surface area contributed by atoms with E-state index in [4.69, 9.17) is 0 Å². The molecular formula is C24H41N5. The van der Waals surface area contributed by atoms with E-state index in [1.165, 1.54) is 75.8 Å². The van der Waals surface area contributed by atoms with Crippen LogP contribution in [0.1, 0.15) is 63.5 Å². The molecule has 0 bridgehead atoms. The molecule has 2 fully saturated rings. The highest BCUT2D eigenvalue weighted by Crippen LogP contribution is 2.15. The maximum Gasteiger partial charge on any atom is 0.191 e. The number of hydrogen-bond acceptors (Lipinski definition) is 3. The number of nitrogens with zero attached hydrogens (tertiary/aromatic N) is 3. The minimum atomic E-state index is 0.521. The highest BCUT2D eigenvalue weighted by Gasteiger charge is 2.21. The van der Waals surface area contributed by atoms with Crippen LogP contribution in [0.5, 0.6) is 0 Å². The maximum atomic E-state index is 4.43. The van der Waals surface area contributed by atoms with Crippen molar-refractivity contribution in [1.82, 2.24) is 20.4 Å². The van der Waals surface area contributed by atoms with E-state index in [1.54, 1.807) is 0 Å². The minimum Gasteiger partial charge on any atom is -0.354 e. The van der Waals surface area contributed by atoms with Gasteiger partial charge in [-0.2, -0.15) is 0 Å². The Hall–Kier alpha value is -1.59. The Morgan fingerprint density at radius 1 is 0.966 bits per heavy atom. The molecule has 0 radical (unpaired) electrons. The summed E-state index contributed by atoms with van der Waals surface area (Å²) < 4.78 is 0. The van der Waals surface area contributed by atoms with Crippen molar-refractivity contribution in [3.05, 3.63) is 35.4 Å². The zero-order chi connectivity index (χ0) is 20.5. The quantitative estimate of drug-likeness (QED) is 0.567. The fourth-order valence-electron chi connectivity index (χ4n) is 4.45. The summed E-state index contributed by atoms with van der Waals surface area (Å²) in [6, 6.07) is 10.3. The SMILES string of the molecule is CN=C(NCc1ccc(CN2CCCCCC2)cc1)NC1CCN(C(C)C)CC1. The molecule has 0 aromatic heterocycles. The summed E-state index contributed by atoms with van der Waals surface area (Å²) in [5, 5.41) is 7.10. The molecule has 0 saturated carbocycles. The normalized spacial score (nSPS) is 20.6. The first-order valence-electron chi connectivity index (χ1n) is 11.7. The lowest BCUT2D eigenvalue weighted by molar-refractivity contribution is 0.167. The summed E-state index contributed by atoms with van der Waals surface area (Å²) in [6.07, 6.45) is 7.87. The van der Waals surface area contributed by atoms with Crippen molar-refractivity contribution in [2.75, 3.05) is 33.2 Å². The fraction of sp³-hybridized carbons (Fsp3) is 0.708. The number of rotatable bonds is 6. The first-order valence-corrected chi connectivity index (χ1v) is 11.7. The highest BCUT2D eigenvalue weighted by atomic mass is 15.2. The number of nitrogens with one attached hydrogen (secondary N) is 2. The maximum absolute atomic E-state index is 4.43. The number of hydrogen-bond donors (Lipinski definition) is 2. The van der Waals surface area contributed by atoms with E-state index in [2.05, 4.69) is 63.5 Å². The predicted octanol–water partition coefficient (Wildman–Crippen LogP) is 3.60. The Morgan fingerprint density at radius 2 is 1.59 bits per heavy atom. The summed E-state index contributed by atoms with van der Waals surface area (Å²) in [6.45, 7) is 11.3. The van der Waals surface area contributed by atoms with Crippen molar-refractivity contribution < 1.29 is 0 Å². The van der Waals surface area contributed by atoms with Gasteiger partial charge in [-0.25, -0.2) is 0 Å². The van der Waals surface area contributed by atoms with Crippen LogP contribution in [0.15, 0.2) is 29.3 Å². The number of guanidine groups is 1. The summed E-state index contributed by atoms with van der Waals surface area (Å²) in [5.74, 6) is 0.918. The first kappa shape index (κ1) is 22.1. The molecule has 2 saturated heterocycles. The number of piperidine rings is 1. The summed E-state index contributed by atoms with van der Waals surface area (Å²) in [5.41, 5.74) is 2.73. The van der Waals surface area contributed by atoms with E-state index >= 15 is 0 Å². The van der Waals surface area contributed by atoms with Gasteiger partial charge in [0.2, 0.25) is 0 Å². The highest BCUT2D eigenvalue weighted by molar-refractivity contribution is 5.79. The van der Waals surface area contributed by atoms with E-state index in [0.29, 0.717) is 12.1 Å². The van der Waals surface area contributed by atoms with Crippen LogP contribution in [0.2, 0.25) is 0 Å². The predicted molar refractivity (Wildman–Crippen MR) is 123 cm³/mol. The molecule has 5 heteroatoms. The molecule has 2 N–H and O–H groups in total. The van der Waals surface area contributed by atoms with E-state index in [0.717, 1.165) is 19.0 Å². The van der Waals surface area contributed by atoms with Gasteiger partial charge < -0.3 is 15.5 Å². The van der Waals surface area contributed by atoms with Crippen LogP contribution < -0.4 is 10.6 Å². The lowest BCUT2D eigenvalue weighted by atomic mass is 10.0. The van der Waals surface area contributed by atoms with E-state index < -0.39 is 0 Å². The molecule has 1 aromatic carbocycles. The lowest BCUT2D eigenvalue weighted by Gasteiger charge is -2.35. The fourth-order valence-corrected chi connectivity index (χ4v) is 4.45. The van der Waals surface area contributed by atoms with Gasteiger partial charge in [0.15, 0.2) is 5.96 Å². The Balaban J connectivity index is 1.41. The molecule has 0 aliphatic carbocycles. The second-order valence-corrected chi connectivity index (χ2v) is 8.98. The van der Waals surface area contributed by atoms with E-state index in [9.17, 15) is 0 Å². The van der Waals surface area contributed by atoms with E-state index in [1.807, 2.05) is 7.05 Å². The Kier molecular flexibility index (Phi) is 8.81. The van der Waals surface area contributed by atoms with Gasteiger partial charge in [-0.3, -0.25) is 9.89 Å². The molecule has 1 aromatic rings. The average molecular weight is 400 g/mol. The molecule has 0 spiro atoms. The topological polar surface area (TPSA) is 42.9 Å². The van der Waals surface area contributed by atoms with Crippen LogP contribution >= 0.6 is 0 Å². The third kappa shape index (κ3) is 7.31. The van der Waals surface area contributed by atoms with Gasteiger partial charge >= 0.3 is 0 Å². The average Bonchev–Trinajstić information content (AvgIpc) is 3.01. The molecule has 0 atom stereocenters. The number of aliphatic imine (C=N–C) groups is 1. The monoisotopic (exact) mass is 399 g/mol. The molecule has 2 heterocycles. The Bertz CT molecular complexity index is 609. The number of likely N-dealkylation sites (tertiary alicyclic amines) is 2. The molecule has 2 aliphatic heterocycles. The molecule has 2 aliphatic rings. The van der Waals surface area contributed by atoms with Gasteiger partial charge in [0.05, 0.1) is 0 Å². The number of benzene rings is 1. The largest absolute Gasteiger partial charge is 0.354 e.